The van der Waals surface area contributed by atoms with Crippen LogP contribution in [0.25, 0.3) is 0 Å². The molecule has 1 fully saturated rings. The normalized spacial score (nSPS) is 20.5. The maximum atomic E-state index is 12.0. The van der Waals surface area contributed by atoms with Crippen molar-refractivity contribution in [2.24, 2.45) is 5.84 Å². The van der Waals surface area contributed by atoms with Crippen molar-refractivity contribution in [2.75, 3.05) is 20.2 Å². The van der Waals surface area contributed by atoms with Crippen molar-refractivity contribution in [1.29, 1.82) is 0 Å². The van der Waals surface area contributed by atoms with Crippen LogP contribution in [0.5, 0.6) is 0 Å². The summed E-state index contributed by atoms with van der Waals surface area (Å²) < 4.78 is 5.62. The number of hydrogen-bond donors (Lipinski definition) is 2. The number of ether oxygens (including phenoxy) is 1. The van der Waals surface area contributed by atoms with Crippen LogP contribution in [0.1, 0.15) is 24.4 Å². The lowest BCUT2D eigenvalue weighted by Gasteiger charge is -2.28. The van der Waals surface area contributed by atoms with E-state index in [0.717, 1.165) is 31.6 Å². The fraction of sp³-hybridized carbons (Fsp3) is 0.500. The summed E-state index contributed by atoms with van der Waals surface area (Å²) in [5.74, 6) is 5.10. The molecule has 5 nitrogen and oxygen atoms in total. The molecule has 1 aromatic carbocycles. The molecule has 19 heavy (non-hydrogen) atoms. The lowest BCUT2D eigenvalue weighted by Crippen LogP contribution is -2.44. The number of carbonyl (C=O) groups excluding carboxylic acids is 1. The molecule has 1 aliphatic rings. The van der Waals surface area contributed by atoms with E-state index in [4.69, 9.17) is 10.6 Å². The summed E-state index contributed by atoms with van der Waals surface area (Å²) in [4.78, 5) is 14.0. The maximum absolute atomic E-state index is 12.0. The number of nitrogens with one attached hydrogen (secondary N) is 1. The van der Waals surface area contributed by atoms with Gasteiger partial charge < -0.3 is 4.74 Å². The molecule has 5 heteroatoms. The lowest BCUT2D eigenvalue weighted by molar-refractivity contribution is -0.126. The highest BCUT2D eigenvalue weighted by Crippen LogP contribution is 2.22. The molecule has 1 amide bonds. The fourth-order valence-corrected chi connectivity index (χ4v) is 2.54. The second-order valence-electron chi connectivity index (χ2n) is 4.90. The smallest absolute Gasteiger partial charge is 0.255 e. The molecule has 1 aliphatic heterocycles. The van der Waals surface area contributed by atoms with E-state index in [2.05, 4.69) is 5.43 Å². The highest BCUT2D eigenvalue weighted by Gasteiger charge is 2.27. The first-order valence-corrected chi connectivity index (χ1v) is 6.59. The zero-order chi connectivity index (χ0) is 13.7. The number of likely N-dealkylation sites (N-methyl/N-ethyl adjacent to an activating group) is 1. The predicted molar refractivity (Wildman–Crippen MR) is 73.1 cm³/mol. The molecule has 0 bridgehead atoms. The minimum Gasteiger partial charge on any atom is -0.377 e. The van der Waals surface area contributed by atoms with E-state index < -0.39 is 0 Å². The van der Waals surface area contributed by atoms with Gasteiger partial charge in [-0.05, 0) is 25.5 Å². The largest absolute Gasteiger partial charge is 0.377 e. The van der Waals surface area contributed by atoms with E-state index >= 15 is 0 Å². The molecule has 1 heterocycles. The number of amides is 1. The van der Waals surface area contributed by atoms with Crippen LogP contribution in [0.4, 0.5) is 0 Å². The Hall–Kier alpha value is -1.43. The van der Waals surface area contributed by atoms with Gasteiger partial charge in [-0.25, -0.2) is 5.84 Å². The monoisotopic (exact) mass is 263 g/mol. The fourth-order valence-electron chi connectivity index (χ4n) is 2.54. The molecule has 2 atom stereocenters. The summed E-state index contributed by atoms with van der Waals surface area (Å²) in [5, 5.41) is 0. The van der Waals surface area contributed by atoms with Crippen molar-refractivity contribution in [1.82, 2.24) is 10.3 Å². The Bertz CT molecular complexity index is 404. The topological polar surface area (TPSA) is 67.6 Å². The van der Waals surface area contributed by atoms with Crippen LogP contribution < -0.4 is 11.3 Å². The van der Waals surface area contributed by atoms with Gasteiger partial charge in [-0.15, -0.1) is 0 Å². The van der Waals surface area contributed by atoms with E-state index in [-0.39, 0.29) is 18.1 Å². The number of carbonyl (C=O) groups is 1. The molecule has 0 saturated carbocycles. The third-order valence-electron chi connectivity index (χ3n) is 3.46. The zero-order valence-electron chi connectivity index (χ0n) is 11.2. The summed E-state index contributed by atoms with van der Waals surface area (Å²) in [6.45, 7) is 1.55. The third-order valence-corrected chi connectivity index (χ3v) is 3.46. The minimum absolute atomic E-state index is 0.202. The predicted octanol–water partition coefficient (Wildman–Crippen LogP) is 0.828. The maximum Gasteiger partial charge on any atom is 0.255 e. The van der Waals surface area contributed by atoms with Crippen molar-refractivity contribution in [3.8, 4) is 0 Å². The van der Waals surface area contributed by atoms with Crippen LogP contribution >= 0.6 is 0 Å². The Morgan fingerprint density at radius 3 is 2.84 bits per heavy atom. The van der Waals surface area contributed by atoms with E-state index in [0.29, 0.717) is 0 Å². The van der Waals surface area contributed by atoms with Gasteiger partial charge in [0.1, 0.15) is 6.04 Å². The number of benzene rings is 1. The average Bonchev–Trinajstić information content (AvgIpc) is 2.93. The van der Waals surface area contributed by atoms with Crippen LogP contribution in [0.3, 0.4) is 0 Å². The van der Waals surface area contributed by atoms with E-state index in [9.17, 15) is 4.79 Å². The van der Waals surface area contributed by atoms with Crippen molar-refractivity contribution < 1.29 is 9.53 Å². The number of nitrogens with zero attached hydrogens (tertiary/aromatic N) is 1. The van der Waals surface area contributed by atoms with Crippen LogP contribution in [0.15, 0.2) is 30.3 Å². The summed E-state index contributed by atoms with van der Waals surface area (Å²) in [6, 6.07) is 9.27. The number of hydrogen-bond acceptors (Lipinski definition) is 4. The Labute approximate surface area is 113 Å². The first-order valence-electron chi connectivity index (χ1n) is 6.59. The lowest BCUT2D eigenvalue weighted by atomic mass is 10.0. The van der Waals surface area contributed by atoms with Gasteiger partial charge in [0.15, 0.2) is 0 Å². The van der Waals surface area contributed by atoms with Gasteiger partial charge in [0.2, 0.25) is 0 Å². The SMILES string of the molecule is CN(CC1CCCO1)C(C(=O)NN)c1ccccc1. The van der Waals surface area contributed by atoms with Gasteiger partial charge in [0.25, 0.3) is 5.91 Å². The summed E-state index contributed by atoms with van der Waals surface area (Å²) >= 11 is 0. The molecular weight excluding hydrogens is 242 g/mol. The van der Waals surface area contributed by atoms with Crippen molar-refractivity contribution in [3.63, 3.8) is 0 Å². The molecule has 0 spiro atoms. The minimum atomic E-state index is -0.379. The highest BCUT2D eigenvalue weighted by atomic mass is 16.5. The molecule has 0 radical (unpaired) electrons. The Morgan fingerprint density at radius 2 is 2.26 bits per heavy atom. The zero-order valence-corrected chi connectivity index (χ0v) is 11.2. The van der Waals surface area contributed by atoms with E-state index in [1.807, 2.05) is 42.3 Å². The number of nitrogens with two attached hydrogens (primary N) is 1. The first kappa shape index (κ1) is 14.0. The van der Waals surface area contributed by atoms with Gasteiger partial charge in [0, 0.05) is 13.2 Å². The Balaban J connectivity index is 2.10. The molecule has 2 rings (SSSR count). The highest BCUT2D eigenvalue weighted by molar-refractivity contribution is 5.82. The molecule has 0 aromatic heterocycles. The van der Waals surface area contributed by atoms with Crippen LogP contribution in [0, 0.1) is 0 Å². The quantitative estimate of drug-likeness (QED) is 0.469. The number of hydrazine groups is 1. The van der Waals surface area contributed by atoms with Crippen molar-refractivity contribution in [3.05, 3.63) is 35.9 Å². The molecule has 104 valence electrons. The van der Waals surface area contributed by atoms with Crippen molar-refractivity contribution in [2.45, 2.75) is 25.0 Å². The van der Waals surface area contributed by atoms with Gasteiger partial charge in [-0.3, -0.25) is 15.1 Å². The average molecular weight is 263 g/mol. The van der Waals surface area contributed by atoms with Gasteiger partial charge in [0.05, 0.1) is 6.10 Å². The van der Waals surface area contributed by atoms with E-state index in [1.54, 1.807) is 0 Å². The summed E-state index contributed by atoms with van der Waals surface area (Å²) in [7, 11) is 1.93. The molecule has 3 N–H and O–H groups in total. The van der Waals surface area contributed by atoms with E-state index in [1.165, 1.54) is 0 Å². The van der Waals surface area contributed by atoms with Crippen LogP contribution in [-0.2, 0) is 9.53 Å². The standard InChI is InChI=1S/C14H21N3O2/c1-17(10-12-8-5-9-19-12)13(14(18)16-15)11-6-3-2-4-7-11/h2-4,6-7,12-13H,5,8-10,15H2,1H3,(H,16,18). The van der Waals surface area contributed by atoms with Gasteiger partial charge in [-0.2, -0.15) is 0 Å². The summed E-state index contributed by atoms with van der Waals surface area (Å²) in [6.07, 6.45) is 2.36. The van der Waals surface area contributed by atoms with Gasteiger partial charge in [-0.1, -0.05) is 30.3 Å². The number of rotatable bonds is 5. The Morgan fingerprint density at radius 1 is 1.53 bits per heavy atom. The van der Waals surface area contributed by atoms with Crippen LogP contribution in [-0.4, -0.2) is 37.1 Å². The second-order valence-corrected chi connectivity index (χ2v) is 4.90. The van der Waals surface area contributed by atoms with Crippen molar-refractivity contribution >= 4 is 5.91 Å². The van der Waals surface area contributed by atoms with Crippen LogP contribution in [0.2, 0.25) is 0 Å². The molecule has 2 unspecified atom stereocenters. The Kier molecular flexibility index (Phi) is 4.90. The second kappa shape index (κ2) is 6.65. The molecule has 1 aromatic rings. The first-order chi connectivity index (χ1) is 9.22. The van der Waals surface area contributed by atoms with Gasteiger partial charge >= 0.3 is 0 Å². The molecule has 0 aliphatic carbocycles. The molecular formula is C14H21N3O2. The third kappa shape index (κ3) is 3.53. The summed E-state index contributed by atoms with van der Waals surface area (Å²) in [5.41, 5.74) is 3.18. The molecule has 1 saturated heterocycles.